The third-order valence-electron chi connectivity index (χ3n) is 3.40. The summed E-state index contributed by atoms with van der Waals surface area (Å²) >= 11 is 1.56. The number of carboxylic acid groups (broad SMARTS) is 1. The molecule has 6 heteroatoms. The Labute approximate surface area is 122 Å². The Balaban J connectivity index is 1.91. The lowest BCUT2D eigenvalue weighted by Gasteiger charge is -2.12. The van der Waals surface area contributed by atoms with Crippen molar-refractivity contribution in [3.8, 4) is 0 Å². The highest BCUT2D eigenvalue weighted by Crippen LogP contribution is 2.51. The first-order chi connectivity index (χ1) is 9.42. The molecule has 0 atom stereocenters. The zero-order valence-electron chi connectivity index (χ0n) is 11.6. The monoisotopic (exact) mass is 294 g/mol. The number of amides is 1. The predicted octanol–water partition coefficient (Wildman–Crippen LogP) is 2.13. The fourth-order valence-corrected chi connectivity index (χ4v) is 3.08. The Morgan fingerprint density at radius 2 is 2.10 bits per heavy atom. The summed E-state index contributed by atoms with van der Waals surface area (Å²) < 4.78 is 0. The second kappa shape index (κ2) is 5.83. The molecule has 0 radical (unpaired) electrons. The van der Waals surface area contributed by atoms with Crippen LogP contribution >= 0.6 is 11.8 Å². The van der Waals surface area contributed by atoms with Crippen molar-refractivity contribution >= 4 is 23.6 Å². The van der Waals surface area contributed by atoms with Gasteiger partial charge < -0.3 is 10.0 Å². The van der Waals surface area contributed by atoms with Gasteiger partial charge >= 0.3 is 5.97 Å². The second-order valence-corrected chi connectivity index (χ2v) is 6.44. The average Bonchev–Trinajstić information content (AvgIpc) is 3.15. The molecule has 0 saturated heterocycles. The van der Waals surface area contributed by atoms with Gasteiger partial charge in [-0.05, 0) is 30.4 Å². The van der Waals surface area contributed by atoms with Gasteiger partial charge in [0.05, 0.1) is 17.0 Å². The number of rotatable bonds is 6. The van der Waals surface area contributed by atoms with Gasteiger partial charge in [-0.3, -0.25) is 9.59 Å². The summed E-state index contributed by atoms with van der Waals surface area (Å²) in [6, 6.07) is 3.58. The molecule has 0 unspecified atom stereocenters. The van der Waals surface area contributed by atoms with E-state index in [1.807, 2.05) is 6.07 Å². The van der Waals surface area contributed by atoms with E-state index >= 15 is 0 Å². The first-order valence-electron chi connectivity index (χ1n) is 6.44. The minimum atomic E-state index is -0.733. The van der Waals surface area contributed by atoms with E-state index in [0.717, 1.165) is 23.6 Å². The van der Waals surface area contributed by atoms with Crippen LogP contribution in [0.15, 0.2) is 23.4 Å². The fourth-order valence-electron chi connectivity index (χ4n) is 1.95. The predicted molar refractivity (Wildman–Crippen MR) is 76.9 cm³/mol. The lowest BCUT2D eigenvalue weighted by atomic mass is 10.1. The highest BCUT2D eigenvalue weighted by atomic mass is 32.2. The smallest absolute Gasteiger partial charge is 0.303 e. The van der Waals surface area contributed by atoms with Crippen LogP contribution in [0, 0.1) is 5.41 Å². The molecular formula is C14H18N2O3S. The lowest BCUT2D eigenvalue weighted by Crippen LogP contribution is -2.21. The van der Waals surface area contributed by atoms with Gasteiger partial charge in [0.15, 0.2) is 0 Å². The molecule has 108 valence electrons. The largest absolute Gasteiger partial charge is 0.481 e. The summed E-state index contributed by atoms with van der Waals surface area (Å²) in [5, 5.41) is 9.70. The molecule has 1 aromatic heterocycles. The van der Waals surface area contributed by atoms with E-state index in [1.165, 1.54) is 4.90 Å². The van der Waals surface area contributed by atoms with Crippen molar-refractivity contribution in [1.82, 2.24) is 9.88 Å². The summed E-state index contributed by atoms with van der Waals surface area (Å²) in [4.78, 5) is 28.3. The minimum absolute atomic E-state index is 0.0453. The van der Waals surface area contributed by atoms with Crippen molar-refractivity contribution in [3.63, 3.8) is 0 Å². The number of carbonyl (C=O) groups excluding carboxylic acids is 1. The van der Waals surface area contributed by atoms with E-state index in [9.17, 15) is 9.59 Å². The van der Waals surface area contributed by atoms with Crippen LogP contribution in [-0.2, 0) is 4.79 Å². The molecule has 1 aromatic rings. The molecule has 0 aliphatic heterocycles. The van der Waals surface area contributed by atoms with Crippen LogP contribution in [-0.4, -0.2) is 46.7 Å². The fraction of sp³-hybridized carbons (Fsp3) is 0.500. The van der Waals surface area contributed by atoms with Gasteiger partial charge in [-0.15, -0.1) is 11.8 Å². The molecule has 1 saturated carbocycles. The molecular weight excluding hydrogens is 276 g/mol. The van der Waals surface area contributed by atoms with Gasteiger partial charge in [0.25, 0.3) is 5.91 Å². The summed E-state index contributed by atoms with van der Waals surface area (Å²) in [5.74, 6) is -0.0330. The Bertz CT molecular complexity index is 510. The van der Waals surface area contributed by atoms with Crippen molar-refractivity contribution < 1.29 is 14.7 Å². The molecule has 1 heterocycles. The third kappa shape index (κ3) is 3.72. The van der Waals surface area contributed by atoms with Gasteiger partial charge in [0.1, 0.15) is 0 Å². The average molecular weight is 294 g/mol. The van der Waals surface area contributed by atoms with Crippen molar-refractivity contribution in [1.29, 1.82) is 0 Å². The zero-order chi connectivity index (χ0) is 14.8. The van der Waals surface area contributed by atoms with Crippen LogP contribution < -0.4 is 0 Å². The third-order valence-corrected chi connectivity index (χ3v) is 4.69. The number of hydrogen-bond acceptors (Lipinski definition) is 4. The van der Waals surface area contributed by atoms with E-state index in [-0.39, 0.29) is 17.7 Å². The summed E-state index contributed by atoms with van der Waals surface area (Å²) in [7, 11) is 3.40. The maximum Gasteiger partial charge on any atom is 0.303 e. The normalized spacial score (nSPS) is 15.7. The standard InChI is InChI=1S/C14H18N2O3S/c1-16(2)13(19)10-3-4-11(15-8-10)20-9-14(5-6-14)7-12(17)18/h3-4,8H,5-7,9H2,1-2H3,(H,17,18). The van der Waals surface area contributed by atoms with Crippen LogP contribution in [0.2, 0.25) is 0 Å². The molecule has 1 N–H and O–H groups in total. The molecule has 1 aliphatic rings. The number of aliphatic carboxylic acids is 1. The topological polar surface area (TPSA) is 70.5 Å². The van der Waals surface area contributed by atoms with Crippen LogP contribution in [0.25, 0.3) is 0 Å². The minimum Gasteiger partial charge on any atom is -0.481 e. The van der Waals surface area contributed by atoms with Crippen molar-refractivity contribution in [2.75, 3.05) is 19.8 Å². The lowest BCUT2D eigenvalue weighted by molar-refractivity contribution is -0.138. The number of aromatic nitrogens is 1. The van der Waals surface area contributed by atoms with Crippen LogP contribution in [0.1, 0.15) is 29.6 Å². The van der Waals surface area contributed by atoms with E-state index < -0.39 is 5.97 Å². The van der Waals surface area contributed by atoms with Crippen LogP contribution in [0.5, 0.6) is 0 Å². The second-order valence-electron chi connectivity index (χ2n) is 5.44. The zero-order valence-corrected chi connectivity index (χ0v) is 12.4. The van der Waals surface area contributed by atoms with Crippen molar-refractivity contribution in [2.24, 2.45) is 5.41 Å². The Hall–Kier alpha value is -1.56. The first-order valence-corrected chi connectivity index (χ1v) is 7.43. The van der Waals surface area contributed by atoms with Gasteiger partial charge in [0.2, 0.25) is 0 Å². The highest BCUT2D eigenvalue weighted by molar-refractivity contribution is 7.99. The molecule has 2 rings (SSSR count). The first kappa shape index (κ1) is 14.8. The summed E-state index contributed by atoms with van der Waals surface area (Å²) in [6.45, 7) is 0. The molecule has 1 fully saturated rings. The molecule has 1 aliphatic carbocycles. The van der Waals surface area contributed by atoms with Crippen LogP contribution in [0.3, 0.4) is 0 Å². The van der Waals surface area contributed by atoms with Gasteiger partial charge in [-0.25, -0.2) is 4.98 Å². The number of pyridine rings is 1. The molecule has 5 nitrogen and oxygen atoms in total. The van der Waals surface area contributed by atoms with Crippen molar-refractivity contribution in [2.45, 2.75) is 24.3 Å². The van der Waals surface area contributed by atoms with Gasteiger partial charge in [-0.1, -0.05) is 0 Å². The van der Waals surface area contributed by atoms with Gasteiger partial charge in [0, 0.05) is 26.0 Å². The Morgan fingerprint density at radius 1 is 1.40 bits per heavy atom. The van der Waals surface area contributed by atoms with Gasteiger partial charge in [-0.2, -0.15) is 0 Å². The number of hydrogen-bond donors (Lipinski definition) is 1. The van der Waals surface area contributed by atoms with Crippen LogP contribution in [0.4, 0.5) is 0 Å². The molecule has 1 amide bonds. The number of thioether (sulfide) groups is 1. The summed E-state index contributed by atoms with van der Waals surface area (Å²) in [5.41, 5.74) is 0.516. The molecule has 0 bridgehead atoms. The number of carbonyl (C=O) groups is 2. The SMILES string of the molecule is CN(C)C(=O)c1ccc(SCC2(CC(=O)O)CC2)nc1. The molecule has 20 heavy (non-hydrogen) atoms. The number of nitrogens with zero attached hydrogens (tertiary/aromatic N) is 2. The van der Waals surface area contributed by atoms with E-state index in [0.29, 0.717) is 5.56 Å². The molecule has 0 aromatic carbocycles. The molecule has 0 spiro atoms. The number of carboxylic acids is 1. The quantitative estimate of drug-likeness (QED) is 0.814. The highest BCUT2D eigenvalue weighted by Gasteiger charge is 2.44. The summed E-state index contributed by atoms with van der Waals surface area (Å²) in [6.07, 6.45) is 3.76. The van der Waals surface area contributed by atoms with E-state index in [2.05, 4.69) is 4.98 Å². The van der Waals surface area contributed by atoms with E-state index in [4.69, 9.17) is 5.11 Å². The Kier molecular flexibility index (Phi) is 4.32. The maximum atomic E-state index is 11.7. The van der Waals surface area contributed by atoms with E-state index in [1.54, 1.807) is 38.1 Å². The Morgan fingerprint density at radius 3 is 2.55 bits per heavy atom. The van der Waals surface area contributed by atoms with Crippen molar-refractivity contribution in [3.05, 3.63) is 23.9 Å². The maximum absolute atomic E-state index is 11.7.